The van der Waals surface area contributed by atoms with Crippen LogP contribution in [0.15, 0.2) is 21.3 Å². The number of alkyl halides is 2. The lowest BCUT2D eigenvalue weighted by Gasteiger charge is -2.33. The lowest BCUT2D eigenvalue weighted by Crippen LogP contribution is -2.37. The maximum absolute atomic E-state index is 8.55. The predicted octanol–water partition coefficient (Wildman–Crippen LogP) is 2.60. The van der Waals surface area contributed by atoms with Crippen LogP contribution in [0.3, 0.4) is 0 Å². The summed E-state index contributed by atoms with van der Waals surface area (Å²) in [6, 6.07) is 1.80. The van der Waals surface area contributed by atoms with Crippen LogP contribution < -0.4 is 5.73 Å². The van der Waals surface area contributed by atoms with E-state index in [1.54, 1.807) is 6.07 Å². The molecule has 0 unspecified atom stereocenters. The largest absolute Gasteiger partial charge is 0.398 e. The Hall–Kier alpha value is -0.0700. The Kier molecular flexibility index (Phi) is 2.51. The van der Waals surface area contributed by atoms with Crippen LogP contribution in [0.4, 0.5) is 0 Å². The van der Waals surface area contributed by atoms with E-state index in [-0.39, 0.29) is 21.3 Å². The topological polar surface area (TPSA) is 49.8 Å². The molecule has 0 bridgehead atoms. The summed E-state index contributed by atoms with van der Waals surface area (Å²) in [5.74, 6) is 0. The number of nitriles is 1. The second-order valence-corrected chi connectivity index (χ2v) is 4.39. The molecule has 1 rings (SSSR count). The second-order valence-electron chi connectivity index (χ2n) is 2.11. The van der Waals surface area contributed by atoms with Gasteiger partial charge in [-0.1, -0.05) is 46.4 Å². The van der Waals surface area contributed by atoms with E-state index in [1.165, 1.54) is 0 Å². The number of nitrogens with two attached hydrogens (primary N) is 1. The van der Waals surface area contributed by atoms with Crippen LogP contribution in [0.1, 0.15) is 0 Å². The molecule has 64 valence electrons. The van der Waals surface area contributed by atoms with Gasteiger partial charge in [-0.3, -0.25) is 0 Å². The number of allylic oxidation sites excluding steroid dienone is 2. The van der Waals surface area contributed by atoms with E-state index in [4.69, 9.17) is 57.4 Å². The van der Waals surface area contributed by atoms with Crippen molar-refractivity contribution < 1.29 is 0 Å². The highest BCUT2D eigenvalue weighted by atomic mass is 35.5. The summed E-state index contributed by atoms with van der Waals surface area (Å²) in [5, 5.41) is 8.55. The fraction of sp³-hybridized carbons (Fsp3) is 0.167. The van der Waals surface area contributed by atoms with Crippen molar-refractivity contribution in [3.63, 3.8) is 0 Å². The Balaban J connectivity index is 3.31. The quantitative estimate of drug-likeness (QED) is 0.665. The molecule has 0 saturated carbocycles. The molecule has 2 nitrogen and oxygen atoms in total. The lowest BCUT2D eigenvalue weighted by molar-refractivity contribution is 0.925. The van der Waals surface area contributed by atoms with Crippen LogP contribution >= 0.6 is 46.4 Å². The van der Waals surface area contributed by atoms with Crippen LogP contribution in [-0.4, -0.2) is 4.33 Å². The summed E-state index contributed by atoms with van der Waals surface area (Å²) in [5.41, 5.74) is 5.79. The molecule has 0 spiro atoms. The van der Waals surface area contributed by atoms with Gasteiger partial charge in [0.1, 0.15) is 10.6 Å². The van der Waals surface area contributed by atoms with Crippen LogP contribution in [0.5, 0.6) is 0 Å². The van der Waals surface area contributed by atoms with Gasteiger partial charge in [0, 0.05) is 5.57 Å². The fourth-order valence-corrected chi connectivity index (χ4v) is 2.08. The van der Waals surface area contributed by atoms with E-state index < -0.39 is 4.33 Å². The first kappa shape index (κ1) is 10.0. The van der Waals surface area contributed by atoms with Crippen molar-refractivity contribution >= 4 is 46.4 Å². The highest BCUT2D eigenvalue weighted by Gasteiger charge is 2.48. The first-order valence-corrected chi connectivity index (χ1v) is 4.28. The number of nitrogens with zero attached hydrogens (tertiary/aromatic N) is 1. The average Bonchev–Trinajstić information content (AvgIpc) is 1.97. The van der Waals surface area contributed by atoms with Crippen LogP contribution in [0, 0.1) is 11.3 Å². The van der Waals surface area contributed by atoms with Gasteiger partial charge in [0.2, 0.25) is 0 Å². The number of hydrogen-bond acceptors (Lipinski definition) is 2. The number of hydrogen-bond donors (Lipinski definition) is 1. The highest BCUT2D eigenvalue weighted by molar-refractivity contribution is 6.61. The average molecular weight is 244 g/mol. The number of halogens is 4. The minimum Gasteiger partial charge on any atom is -0.398 e. The van der Waals surface area contributed by atoms with E-state index in [0.29, 0.717) is 0 Å². The van der Waals surface area contributed by atoms with Crippen LogP contribution in [0.2, 0.25) is 0 Å². The zero-order valence-electron chi connectivity index (χ0n) is 5.54. The van der Waals surface area contributed by atoms with E-state index >= 15 is 0 Å². The molecule has 0 fully saturated rings. The zero-order valence-corrected chi connectivity index (χ0v) is 8.56. The van der Waals surface area contributed by atoms with Gasteiger partial charge in [-0.2, -0.15) is 5.26 Å². The first-order valence-electron chi connectivity index (χ1n) is 2.77. The molecule has 12 heavy (non-hydrogen) atoms. The monoisotopic (exact) mass is 242 g/mol. The van der Waals surface area contributed by atoms with E-state index in [9.17, 15) is 0 Å². The Morgan fingerprint density at radius 2 is 1.92 bits per heavy atom. The minimum atomic E-state index is -1.41. The summed E-state index contributed by atoms with van der Waals surface area (Å²) in [6.07, 6.45) is 0. The predicted molar refractivity (Wildman–Crippen MR) is 50.0 cm³/mol. The Morgan fingerprint density at radius 3 is 2.17 bits per heavy atom. The van der Waals surface area contributed by atoms with Gasteiger partial charge < -0.3 is 5.73 Å². The van der Waals surface area contributed by atoms with Crippen LogP contribution in [-0.2, 0) is 0 Å². The SMILES string of the molecule is N#CC1=C(N)C(Cl)(Cl)C1=C(Cl)Cl. The van der Waals surface area contributed by atoms with Crippen molar-refractivity contribution in [2.45, 2.75) is 4.33 Å². The van der Waals surface area contributed by atoms with Crippen molar-refractivity contribution in [1.29, 1.82) is 5.26 Å². The molecule has 0 aromatic heterocycles. The van der Waals surface area contributed by atoms with Gasteiger partial charge >= 0.3 is 0 Å². The molecule has 0 atom stereocenters. The Morgan fingerprint density at radius 1 is 1.42 bits per heavy atom. The molecular formula is C6H2Cl4N2. The molecule has 0 saturated heterocycles. The third-order valence-corrected chi connectivity index (χ3v) is 2.64. The minimum absolute atomic E-state index is 0.0853. The Bertz CT molecular complexity index is 330. The Labute approximate surface area is 89.1 Å². The second kappa shape index (κ2) is 3.01. The van der Waals surface area contributed by atoms with Gasteiger partial charge in [-0.05, 0) is 0 Å². The number of rotatable bonds is 0. The van der Waals surface area contributed by atoms with E-state index in [0.717, 1.165) is 0 Å². The third-order valence-electron chi connectivity index (χ3n) is 1.47. The zero-order chi connectivity index (χ0) is 9.52. The van der Waals surface area contributed by atoms with Crippen LogP contribution in [0.25, 0.3) is 0 Å². The highest BCUT2D eigenvalue weighted by Crippen LogP contribution is 2.51. The van der Waals surface area contributed by atoms with Crippen molar-refractivity contribution in [2.24, 2.45) is 5.73 Å². The van der Waals surface area contributed by atoms with Gasteiger partial charge in [-0.25, -0.2) is 0 Å². The van der Waals surface area contributed by atoms with Crippen molar-refractivity contribution in [2.75, 3.05) is 0 Å². The van der Waals surface area contributed by atoms with E-state index in [1.807, 2.05) is 0 Å². The molecule has 0 amide bonds. The van der Waals surface area contributed by atoms with Crippen molar-refractivity contribution in [3.05, 3.63) is 21.3 Å². The molecule has 0 radical (unpaired) electrons. The van der Waals surface area contributed by atoms with Crippen molar-refractivity contribution in [3.8, 4) is 6.07 Å². The molecule has 0 heterocycles. The van der Waals surface area contributed by atoms with Gasteiger partial charge in [0.15, 0.2) is 4.33 Å². The summed E-state index contributed by atoms with van der Waals surface area (Å²) < 4.78 is -1.55. The van der Waals surface area contributed by atoms with Gasteiger partial charge in [-0.15, -0.1) is 0 Å². The first-order chi connectivity index (χ1) is 5.42. The summed E-state index contributed by atoms with van der Waals surface area (Å²) in [4.78, 5) is 0. The maximum Gasteiger partial charge on any atom is 0.187 e. The molecule has 0 aliphatic heterocycles. The van der Waals surface area contributed by atoms with Gasteiger partial charge in [0.05, 0.1) is 11.3 Å². The summed E-state index contributed by atoms with van der Waals surface area (Å²) in [6.45, 7) is 0. The van der Waals surface area contributed by atoms with Gasteiger partial charge in [0.25, 0.3) is 0 Å². The molecule has 2 N–H and O–H groups in total. The van der Waals surface area contributed by atoms with E-state index in [2.05, 4.69) is 0 Å². The summed E-state index contributed by atoms with van der Waals surface area (Å²) in [7, 11) is 0. The fourth-order valence-electron chi connectivity index (χ4n) is 0.850. The molecular weight excluding hydrogens is 242 g/mol. The molecule has 0 aromatic rings. The smallest absolute Gasteiger partial charge is 0.187 e. The maximum atomic E-state index is 8.55. The molecule has 0 aromatic carbocycles. The normalized spacial score (nSPS) is 20.1. The lowest BCUT2D eigenvalue weighted by atomic mass is 9.89. The van der Waals surface area contributed by atoms with Crippen molar-refractivity contribution in [1.82, 2.24) is 0 Å². The molecule has 6 heteroatoms. The molecule has 1 aliphatic carbocycles. The standard InChI is InChI=1S/C6H2Cl4N2/c7-5(8)3-2(1-11)4(12)6(3,9)10/h12H2. The summed E-state index contributed by atoms with van der Waals surface area (Å²) >= 11 is 22.3. The molecule has 1 aliphatic rings. The third kappa shape index (κ3) is 1.18.